The number of aromatic nitrogens is 2. The predicted octanol–water partition coefficient (Wildman–Crippen LogP) is 1.79. The van der Waals surface area contributed by atoms with E-state index in [1.807, 2.05) is 0 Å². The number of carboxylic acids is 1. The maximum Gasteiger partial charge on any atom is 0.354 e. The monoisotopic (exact) mass is 240 g/mol. The molecule has 0 saturated heterocycles. The Kier molecular flexibility index (Phi) is 1.81. The highest BCUT2D eigenvalue weighted by atomic mass is 79.9. The van der Waals surface area contributed by atoms with Crippen molar-refractivity contribution in [1.82, 2.24) is 9.61 Å². The number of pyridine rings is 1. The third kappa shape index (κ3) is 1.31. The van der Waals surface area contributed by atoms with Crippen molar-refractivity contribution in [3.8, 4) is 0 Å². The molecule has 0 aliphatic rings. The molecule has 0 atom stereocenters. The summed E-state index contributed by atoms with van der Waals surface area (Å²) in [5.41, 5.74) is 0.904. The van der Waals surface area contributed by atoms with Gasteiger partial charge >= 0.3 is 5.97 Å². The first-order valence-electron chi connectivity index (χ1n) is 3.55. The van der Waals surface area contributed by atoms with Crippen molar-refractivity contribution in [1.29, 1.82) is 0 Å². The molecule has 2 aromatic rings. The Hall–Kier alpha value is -1.36. The number of fused-ring (bicyclic) bond motifs is 1. The molecule has 0 bridgehead atoms. The van der Waals surface area contributed by atoms with Gasteiger partial charge in [0.1, 0.15) is 0 Å². The van der Waals surface area contributed by atoms with Gasteiger partial charge in [-0.2, -0.15) is 5.10 Å². The normalized spacial score (nSPS) is 10.5. The van der Waals surface area contributed by atoms with Gasteiger partial charge in [-0.05, 0) is 18.2 Å². The summed E-state index contributed by atoms with van der Waals surface area (Å²) in [5.74, 6) is -0.991. The number of carboxylic acid groups (broad SMARTS) is 1. The van der Waals surface area contributed by atoms with Crippen LogP contribution in [0.15, 0.2) is 28.9 Å². The van der Waals surface area contributed by atoms with Gasteiger partial charge in [0.15, 0.2) is 5.69 Å². The number of carbonyl (C=O) groups is 1. The Morgan fingerprint density at radius 3 is 3.00 bits per heavy atom. The minimum Gasteiger partial charge on any atom is -0.477 e. The molecule has 2 rings (SSSR count). The first-order valence-corrected chi connectivity index (χ1v) is 4.34. The van der Waals surface area contributed by atoms with Gasteiger partial charge in [0.2, 0.25) is 0 Å². The second kappa shape index (κ2) is 2.85. The van der Waals surface area contributed by atoms with Gasteiger partial charge in [-0.15, -0.1) is 0 Å². The van der Waals surface area contributed by atoms with Crippen molar-refractivity contribution in [2.24, 2.45) is 0 Å². The molecule has 0 aliphatic heterocycles. The summed E-state index contributed by atoms with van der Waals surface area (Å²) in [6.07, 6.45) is 1.56. The molecule has 0 spiro atoms. The van der Waals surface area contributed by atoms with Crippen LogP contribution in [0, 0.1) is 0 Å². The second-order valence-corrected chi connectivity index (χ2v) is 3.45. The highest BCUT2D eigenvalue weighted by molar-refractivity contribution is 9.10. The summed E-state index contributed by atoms with van der Waals surface area (Å²) in [5, 5.41) is 12.7. The van der Waals surface area contributed by atoms with Crippen LogP contribution >= 0.6 is 15.9 Å². The second-order valence-electron chi connectivity index (χ2n) is 2.53. The molecule has 66 valence electrons. The molecular weight excluding hydrogens is 236 g/mol. The molecule has 1 N–H and O–H groups in total. The Labute approximate surface area is 81.9 Å². The van der Waals surface area contributed by atoms with Crippen LogP contribution < -0.4 is 0 Å². The molecule has 0 fully saturated rings. The number of rotatable bonds is 1. The molecular formula is C8H5BrN2O2. The Morgan fingerprint density at radius 2 is 2.31 bits per heavy atom. The number of aromatic carboxylic acids is 1. The van der Waals surface area contributed by atoms with Crippen LogP contribution in [0.5, 0.6) is 0 Å². The van der Waals surface area contributed by atoms with Crippen molar-refractivity contribution in [2.75, 3.05) is 0 Å². The number of hydrogen-bond donors (Lipinski definition) is 1. The van der Waals surface area contributed by atoms with Gasteiger partial charge in [-0.1, -0.05) is 15.9 Å². The summed E-state index contributed by atoms with van der Waals surface area (Å²) in [6.45, 7) is 0. The van der Waals surface area contributed by atoms with Gasteiger partial charge in [0.25, 0.3) is 0 Å². The van der Waals surface area contributed by atoms with Crippen LogP contribution in [0.3, 0.4) is 0 Å². The van der Waals surface area contributed by atoms with Crippen LogP contribution in [-0.4, -0.2) is 20.7 Å². The molecule has 0 aliphatic carbocycles. The van der Waals surface area contributed by atoms with E-state index in [-0.39, 0.29) is 5.69 Å². The van der Waals surface area contributed by atoms with Crippen molar-refractivity contribution < 1.29 is 9.90 Å². The van der Waals surface area contributed by atoms with Crippen LogP contribution in [-0.2, 0) is 0 Å². The standard InChI is InChI=1S/C8H5BrN2O2/c9-5-3-6-1-2-10-11(6)7(4-5)8(12)13/h1-4H,(H,12,13). The van der Waals surface area contributed by atoms with E-state index in [0.29, 0.717) is 0 Å². The van der Waals surface area contributed by atoms with Gasteiger partial charge < -0.3 is 5.11 Å². The van der Waals surface area contributed by atoms with Crippen LogP contribution in [0.25, 0.3) is 5.52 Å². The third-order valence-electron chi connectivity index (χ3n) is 1.68. The molecule has 2 aromatic heterocycles. The van der Waals surface area contributed by atoms with Gasteiger partial charge in [0.05, 0.1) is 11.7 Å². The molecule has 0 amide bonds. The van der Waals surface area contributed by atoms with E-state index < -0.39 is 5.97 Å². The average molecular weight is 241 g/mol. The zero-order valence-electron chi connectivity index (χ0n) is 6.44. The molecule has 0 saturated carbocycles. The van der Waals surface area contributed by atoms with Crippen LogP contribution in [0.1, 0.15) is 10.5 Å². The lowest BCUT2D eigenvalue weighted by Gasteiger charge is -2.00. The third-order valence-corrected chi connectivity index (χ3v) is 2.14. The number of hydrogen-bond acceptors (Lipinski definition) is 2. The first kappa shape index (κ1) is 8.25. The summed E-state index contributed by atoms with van der Waals surface area (Å²) in [6, 6.07) is 5.07. The lowest BCUT2D eigenvalue weighted by atomic mass is 10.3. The molecule has 0 aromatic carbocycles. The molecule has 13 heavy (non-hydrogen) atoms. The fourth-order valence-corrected chi connectivity index (χ4v) is 1.60. The Morgan fingerprint density at radius 1 is 1.54 bits per heavy atom. The lowest BCUT2D eigenvalue weighted by molar-refractivity contribution is 0.0687. The highest BCUT2D eigenvalue weighted by Gasteiger charge is 2.09. The van der Waals surface area contributed by atoms with Crippen molar-refractivity contribution in [2.45, 2.75) is 0 Å². The molecule has 0 unspecified atom stereocenters. The number of halogens is 1. The van der Waals surface area contributed by atoms with E-state index in [2.05, 4.69) is 21.0 Å². The van der Waals surface area contributed by atoms with E-state index in [0.717, 1.165) is 9.99 Å². The molecule has 0 radical (unpaired) electrons. The van der Waals surface area contributed by atoms with E-state index in [9.17, 15) is 4.79 Å². The predicted molar refractivity (Wildman–Crippen MR) is 49.9 cm³/mol. The van der Waals surface area contributed by atoms with Crippen LogP contribution in [0.4, 0.5) is 0 Å². The summed E-state index contributed by atoms with van der Waals surface area (Å²) < 4.78 is 2.12. The lowest BCUT2D eigenvalue weighted by Crippen LogP contribution is -2.05. The van der Waals surface area contributed by atoms with Gasteiger partial charge in [-0.3, -0.25) is 0 Å². The largest absolute Gasteiger partial charge is 0.477 e. The topological polar surface area (TPSA) is 54.6 Å². The summed E-state index contributed by atoms with van der Waals surface area (Å²) in [7, 11) is 0. The van der Waals surface area contributed by atoms with Crippen molar-refractivity contribution in [3.05, 3.63) is 34.6 Å². The van der Waals surface area contributed by atoms with Crippen LogP contribution in [0.2, 0.25) is 0 Å². The summed E-state index contributed by atoms with van der Waals surface area (Å²) >= 11 is 3.23. The zero-order valence-corrected chi connectivity index (χ0v) is 8.02. The smallest absolute Gasteiger partial charge is 0.354 e. The minimum absolute atomic E-state index is 0.148. The zero-order chi connectivity index (χ0) is 9.42. The van der Waals surface area contributed by atoms with Gasteiger partial charge in [0, 0.05) is 4.47 Å². The van der Waals surface area contributed by atoms with E-state index in [1.54, 1.807) is 18.3 Å². The maximum absolute atomic E-state index is 10.8. The summed E-state index contributed by atoms with van der Waals surface area (Å²) in [4.78, 5) is 10.8. The fourth-order valence-electron chi connectivity index (χ4n) is 1.15. The van der Waals surface area contributed by atoms with Crippen molar-refractivity contribution >= 4 is 27.4 Å². The molecule has 2 heterocycles. The minimum atomic E-state index is -0.991. The van der Waals surface area contributed by atoms with E-state index in [4.69, 9.17) is 5.11 Å². The molecule has 5 heteroatoms. The SMILES string of the molecule is O=C(O)c1cc(Br)cc2ccnn12. The van der Waals surface area contributed by atoms with E-state index >= 15 is 0 Å². The van der Waals surface area contributed by atoms with Crippen molar-refractivity contribution in [3.63, 3.8) is 0 Å². The molecule has 4 nitrogen and oxygen atoms in total. The number of nitrogens with zero attached hydrogens (tertiary/aromatic N) is 2. The van der Waals surface area contributed by atoms with E-state index in [1.165, 1.54) is 10.6 Å². The maximum atomic E-state index is 10.8. The van der Waals surface area contributed by atoms with Gasteiger partial charge in [-0.25, -0.2) is 9.31 Å². The first-order chi connectivity index (χ1) is 6.18. The Balaban J connectivity index is 2.84. The highest BCUT2D eigenvalue weighted by Crippen LogP contribution is 2.16. The average Bonchev–Trinajstić information content (AvgIpc) is 2.49. The Bertz CT molecular complexity index is 478. The fraction of sp³-hybridized carbons (Fsp3) is 0. The quantitative estimate of drug-likeness (QED) is 0.828.